The van der Waals surface area contributed by atoms with Crippen LogP contribution in [-0.4, -0.2) is 15.9 Å². The number of ketones is 1. The van der Waals surface area contributed by atoms with E-state index in [1.807, 2.05) is 55.5 Å². The minimum atomic E-state index is -0.377. The van der Waals surface area contributed by atoms with Crippen LogP contribution in [0.5, 0.6) is 0 Å². The first-order valence-corrected chi connectivity index (χ1v) is 12.0. The first-order chi connectivity index (χ1) is 18.2. The van der Waals surface area contributed by atoms with Gasteiger partial charge in [-0.15, -0.1) is 0 Å². The van der Waals surface area contributed by atoms with Crippen molar-refractivity contribution in [1.29, 1.82) is 0 Å². The zero-order chi connectivity index (χ0) is 27.7. The molecule has 0 aliphatic rings. The van der Waals surface area contributed by atoms with Crippen LogP contribution in [0.3, 0.4) is 0 Å². The van der Waals surface area contributed by atoms with Crippen LogP contribution in [0.4, 0.5) is 14.5 Å². The fraction of sp³-hybridized carbons (Fsp3) is 0.125. The smallest absolute Gasteiger partial charge is 0.159 e. The lowest BCUT2D eigenvalue weighted by atomic mass is 10.1. The second-order valence-electron chi connectivity index (χ2n) is 8.83. The summed E-state index contributed by atoms with van der Waals surface area (Å²) < 4.78 is 25.5. The van der Waals surface area contributed by atoms with E-state index in [1.165, 1.54) is 35.9 Å². The van der Waals surface area contributed by atoms with Gasteiger partial charge in [0.2, 0.25) is 0 Å². The summed E-state index contributed by atoms with van der Waals surface area (Å²) in [7, 11) is 0. The summed E-state index contributed by atoms with van der Waals surface area (Å²) in [6.07, 6.45) is 0. The van der Waals surface area contributed by atoms with Gasteiger partial charge in [-0.2, -0.15) is 0 Å². The number of carbonyl (C=O) groups excluding carboxylic acids is 1. The molecule has 4 nitrogen and oxygen atoms in total. The van der Waals surface area contributed by atoms with Crippen LogP contribution in [0.15, 0.2) is 97.1 Å². The predicted molar refractivity (Wildman–Crippen MR) is 150 cm³/mol. The molecule has 0 fully saturated rings. The fourth-order valence-corrected chi connectivity index (χ4v) is 3.64. The van der Waals surface area contributed by atoms with E-state index in [4.69, 9.17) is 10.8 Å². The topological polar surface area (TPSA) is 76.2 Å². The lowest BCUT2D eigenvalue weighted by molar-refractivity contribution is 0.101. The van der Waals surface area contributed by atoms with Crippen molar-refractivity contribution in [1.82, 2.24) is 4.98 Å². The highest BCUT2D eigenvalue weighted by Gasteiger charge is 2.03. The van der Waals surface area contributed by atoms with Crippen molar-refractivity contribution < 1.29 is 18.7 Å². The molecule has 0 saturated heterocycles. The number of anilines is 1. The number of aliphatic hydroxyl groups excluding tert-OH is 1. The molecular formula is C32H30F2N2O2. The van der Waals surface area contributed by atoms with Crippen molar-refractivity contribution in [2.24, 2.45) is 0 Å². The molecule has 0 radical (unpaired) electrons. The molecule has 0 unspecified atom stereocenters. The molecule has 0 aliphatic carbocycles. The van der Waals surface area contributed by atoms with Crippen molar-refractivity contribution >= 4 is 22.4 Å². The minimum absolute atomic E-state index is 0.128. The summed E-state index contributed by atoms with van der Waals surface area (Å²) in [6.45, 7) is 5.39. The summed E-state index contributed by atoms with van der Waals surface area (Å²) in [5, 5.41) is 9.42. The summed E-state index contributed by atoms with van der Waals surface area (Å²) in [4.78, 5) is 15.4. The lowest BCUT2D eigenvalue weighted by Crippen LogP contribution is -1.94. The molecule has 0 amide bonds. The van der Waals surface area contributed by atoms with Crippen LogP contribution in [0.2, 0.25) is 0 Å². The molecule has 6 heteroatoms. The first-order valence-electron chi connectivity index (χ1n) is 12.0. The first kappa shape index (κ1) is 28.2. The van der Waals surface area contributed by atoms with Gasteiger partial charge in [-0.3, -0.25) is 4.79 Å². The number of carbonyl (C=O) groups is 1. The standard InChI is InChI=1S/C16H12FN.C9H10O.C7H8FNO/c1-11-3-2-4-12(9-11)15-7-5-13-10-14(17)6-8-16(13)18-15;1-7-4-3-5-9(6-7)8(2)10;8-6-1-2-7(9)5(3-6)4-10/h2-10H,1H3;3-6H,1-2H3;1-3,10H,4,9H2. The Bertz CT molecular complexity index is 1550. The van der Waals surface area contributed by atoms with Crippen molar-refractivity contribution in [3.63, 3.8) is 0 Å². The molecule has 1 aromatic heterocycles. The molecule has 194 valence electrons. The molecule has 0 aliphatic heterocycles. The Morgan fingerprint density at radius 2 is 1.47 bits per heavy atom. The van der Waals surface area contributed by atoms with E-state index in [0.29, 0.717) is 11.3 Å². The van der Waals surface area contributed by atoms with Crippen molar-refractivity contribution in [2.75, 3.05) is 5.73 Å². The van der Waals surface area contributed by atoms with Crippen molar-refractivity contribution in [3.8, 4) is 11.3 Å². The van der Waals surface area contributed by atoms with Crippen LogP contribution in [0, 0.1) is 25.5 Å². The number of hydrogen-bond donors (Lipinski definition) is 2. The Morgan fingerprint density at radius 1 is 0.816 bits per heavy atom. The molecule has 5 rings (SSSR count). The molecule has 0 bridgehead atoms. The Balaban J connectivity index is 0.000000171. The molecule has 5 aromatic rings. The number of pyridine rings is 1. The van der Waals surface area contributed by atoms with Crippen molar-refractivity contribution in [2.45, 2.75) is 27.4 Å². The molecule has 1 heterocycles. The van der Waals surface area contributed by atoms with Crippen LogP contribution < -0.4 is 5.73 Å². The number of nitrogens with two attached hydrogens (primary N) is 1. The van der Waals surface area contributed by atoms with Crippen LogP contribution >= 0.6 is 0 Å². The van der Waals surface area contributed by atoms with Crippen LogP contribution in [-0.2, 0) is 6.61 Å². The second-order valence-corrected chi connectivity index (χ2v) is 8.83. The molecule has 0 saturated carbocycles. The highest BCUT2D eigenvalue weighted by Crippen LogP contribution is 2.22. The Kier molecular flexibility index (Phi) is 9.79. The SMILES string of the molecule is CC(=O)c1cccc(C)c1.Cc1cccc(-c2ccc3cc(F)ccc3n2)c1.Nc1ccc(F)cc1CO. The zero-order valence-electron chi connectivity index (χ0n) is 21.6. The quantitative estimate of drug-likeness (QED) is 0.194. The van der Waals surface area contributed by atoms with E-state index in [1.54, 1.807) is 13.0 Å². The third-order valence-electron chi connectivity index (χ3n) is 5.67. The Morgan fingerprint density at radius 3 is 2.08 bits per heavy atom. The highest BCUT2D eigenvalue weighted by atomic mass is 19.1. The van der Waals surface area contributed by atoms with Gasteiger partial charge in [-0.05, 0) is 75.4 Å². The minimum Gasteiger partial charge on any atom is -0.398 e. The summed E-state index contributed by atoms with van der Waals surface area (Å²) in [5.74, 6) is -0.477. The van der Waals surface area contributed by atoms with Gasteiger partial charge in [0, 0.05) is 27.8 Å². The number of aromatic nitrogens is 1. The van der Waals surface area contributed by atoms with E-state index in [0.717, 1.165) is 33.3 Å². The van der Waals surface area contributed by atoms with Gasteiger partial charge in [0.1, 0.15) is 11.6 Å². The third kappa shape index (κ3) is 8.05. The van der Waals surface area contributed by atoms with E-state index in [2.05, 4.69) is 24.0 Å². The molecule has 0 spiro atoms. The average Bonchev–Trinajstić information content (AvgIpc) is 2.90. The van der Waals surface area contributed by atoms with Gasteiger partial charge in [-0.1, -0.05) is 53.6 Å². The van der Waals surface area contributed by atoms with E-state index in [9.17, 15) is 13.6 Å². The van der Waals surface area contributed by atoms with Crippen LogP contribution in [0.25, 0.3) is 22.2 Å². The maximum Gasteiger partial charge on any atom is 0.159 e. The number of halogens is 2. The maximum atomic E-state index is 13.1. The lowest BCUT2D eigenvalue weighted by Gasteiger charge is -2.04. The van der Waals surface area contributed by atoms with Gasteiger partial charge < -0.3 is 10.8 Å². The summed E-state index contributed by atoms with van der Waals surface area (Å²) in [6, 6.07) is 28.2. The number of Topliss-reactive ketones (excluding diaryl/α,β-unsaturated/α-hetero) is 1. The number of nitrogens with zero attached hydrogens (tertiary/aromatic N) is 1. The number of fused-ring (bicyclic) bond motifs is 1. The number of aliphatic hydroxyl groups is 1. The maximum absolute atomic E-state index is 13.1. The summed E-state index contributed by atoms with van der Waals surface area (Å²) >= 11 is 0. The number of aryl methyl sites for hydroxylation is 2. The molecule has 3 N–H and O–H groups in total. The van der Waals surface area contributed by atoms with Gasteiger partial charge in [-0.25, -0.2) is 13.8 Å². The third-order valence-corrected chi connectivity index (χ3v) is 5.67. The van der Waals surface area contributed by atoms with Gasteiger partial charge >= 0.3 is 0 Å². The average molecular weight is 513 g/mol. The summed E-state index contributed by atoms with van der Waals surface area (Å²) in [5.41, 5.74) is 12.2. The van der Waals surface area contributed by atoms with E-state index >= 15 is 0 Å². The van der Waals surface area contributed by atoms with Gasteiger partial charge in [0.05, 0.1) is 17.8 Å². The largest absolute Gasteiger partial charge is 0.398 e. The van der Waals surface area contributed by atoms with Gasteiger partial charge in [0.25, 0.3) is 0 Å². The number of rotatable bonds is 3. The molecule has 38 heavy (non-hydrogen) atoms. The number of nitrogen functional groups attached to an aromatic ring is 1. The van der Waals surface area contributed by atoms with Crippen molar-refractivity contribution in [3.05, 3.63) is 131 Å². The highest BCUT2D eigenvalue weighted by molar-refractivity contribution is 5.94. The zero-order valence-corrected chi connectivity index (χ0v) is 21.6. The fourth-order valence-electron chi connectivity index (χ4n) is 3.64. The number of hydrogen-bond acceptors (Lipinski definition) is 4. The Hall–Kier alpha value is -4.42. The predicted octanol–water partition coefficient (Wildman–Crippen LogP) is 7.45. The van der Waals surface area contributed by atoms with Gasteiger partial charge in [0.15, 0.2) is 5.78 Å². The normalized spacial score (nSPS) is 10.2. The van der Waals surface area contributed by atoms with E-state index < -0.39 is 0 Å². The second kappa shape index (κ2) is 13.2. The van der Waals surface area contributed by atoms with Crippen LogP contribution in [0.1, 0.15) is 34.0 Å². The molecular weight excluding hydrogens is 482 g/mol. The monoisotopic (exact) mass is 512 g/mol. The molecule has 4 aromatic carbocycles. The Labute approximate surface area is 221 Å². The number of benzene rings is 4. The van der Waals surface area contributed by atoms with E-state index in [-0.39, 0.29) is 24.0 Å². The molecule has 0 atom stereocenters.